The zero-order valence-corrected chi connectivity index (χ0v) is 17.5. The third-order valence-corrected chi connectivity index (χ3v) is 5.37. The summed E-state index contributed by atoms with van der Waals surface area (Å²) in [6.07, 6.45) is 3.52. The summed E-state index contributed by atoms with van der Waals surface area (Å²) in [6, 6.07) is 5.55. The molecule has 1 aromatic carbocycles. The summed E-state index contributed by atoms with van der Waals surface area (Å²) in [5, 5.41) is 0.415. The Labute approximate surface area is 172 Å². The molecule has 3 rings (SSSR count). The number of carbonyl (C=O) groups is 1. The Morgan fingerprint density at radius 1 is 1.21 bits per heavy atom. The van der Waals surface area contributed by atoms with Crippen LogP contribution in [0.15, 0.2) is 23.0 Å². The fraction of sp³-hybridized carbons (Fsp3) is 0.286. The van der Waals surface area contributed by atoms with Gasteiger partial charge in [0.2, 0.25) is 0 Å². The average molecular weight is 414 g/mol. The van der Waals surface area contributed by atoms with Gasteiger partial charge in [0.05, 0.1) is 25.7 Å². The molecule has 0 bridgehead atoms. The second kappa shape index (κ2) is 8.91. The molecule has 7 nitrogen and oxygen atoms in total. The zero-order chi connectivity index (χ0) is 21.0. The van der Waals surface area contributed by atoms with Crippen molar-refractivity contribution >= 4 is 39.7 Å². The standard InChI is InChI=1S/C21H22N2O5S/c1-5-27-14-9-7-13(11-15(14)26-4)8-10-16-22-19(24)17-12(3)18(21(25)28-6-2)29-20(17)23-16/h7-11H,5-6H2,1-4H3,(H,22,23,24)/b10-8+. The average Bonchev–Trinajstić information content (AvgIpc) is 3.04. The number of methoxy groups -OCH3 is 1. The zero-order valence-electron chi connectivity index (χ0n) is 16.7. The number of aryl methyl sites for hydroxylation is 1. The van der Waals surface area contributed by atoms with Crippen molar-refractivity contribution < 1.29 is 19.0 Å². The predicted octanol–water partition coefficient (Wildman–Crippen LogP) is 4.05. The number of benzene rings is 1. The van der Waals surface area contributed by atoms with Crippen molar-refractivity contribution in [1.29, 1.82) is 0 Å². The van der Waals surface area contributed by atoms with E-state index in [9.17, 15) is 9.59 Å². The third kappa shape index (κ3) is 4.32. The molecule has 0 saturated carbocycles. The molecule has 152 valence electrons. The van der Waals surface area contributed by atoms with E-state index in [2.05, 4.69) is 9.97 Å². The van der Waals surface area contributed by atoms with Crippen LogP contribution in [-0.4, -0.2) is 36.3 Å². The molecule has 0 radical (unpaired) electrons. The lowest BCUT2D eigenvalue weighted by atomic mass is 10.2. The van der Waals surface area contributed by atoms with Crippen LogP contribution in [-0.2, 0) is 4.74 Å². The van der Waals surface area contributed by atoms with E-state index in [0.717, 1.165) is 16.9 Å². The van der Waals surface area contributed by atoms with Crippen molar-refractivity contribution in [2.75, 3.05) is 20.3 Å². The molecule has 0 aliphatic heterocycles. The molecular formula is C21H22N2O5S. The highest BCUT2D eigenvalue weighted by Crippen LogP contribution is 2.29. The Bertz CT molecular complexity index is 1130. The van der Waals surface area contributed by atoms with E-state index < -0.39 is 5.97 Å². The second-order valence-corrected chi connectivity index (χ2v) is 7.08. The minimum atomic E-state index is -0.439. The number of nitrogens with one attached hydrogen (secondary N) is 1. The lowest BCUT2D eigenvalue weighted by molar-refractivity contribution is 0.0531. The molecule has 0 atom stereocenters. The summed E-state index contributed by atoms with van der Waals surface area (Å²) in [7, 11) is 1.58. The Balaban J connectivity index is 1.95. The number of aromatic amines is 1. The van der Waals surface area contributed by atoms with E-state index in [1.165, 1.54) is 0 Å². The molecule has 0 unspecified atom stereocenters. The highest BCUT2D eigenvalue weighted by atomic mass is 32.1. The van der Waals surface area contributed by atoms with Crippen molar-refractivity contribution in [3.63, 3.8) is 0 Å². The van der Waals surface area contributed by atoms with Crippen molar-refractivity contribution in [3.8, 4) is 11.5 Å². The quantitative estimate of drug-likeness (QED) is 0.587. The van der Waals surface area contributed by atoms with E-state index in [1.807, 2.05) is 31.2 Å². The monoisotopic (exact) mass is 414 g/mol. The van der Waals surface area contributed by atoms with E-state index in [4.69, 9.17) is 14.2 Å². The van der Waals surface area contributed by atoms with Crippen LogP contribution >= 0.6 is 11.3 Å². The smallest absolute Gasteiger partial charge is 0.348 e. The fourth-order valence-electron chi connectivity index (χ4n) is 2.87. The van der Waals surface area contributed by atoms with Crippen LogP contribution in [0.4, 0.5) is 0 Å². The molecule has 0 aliphatic rings. The van der Waals surface area contributed by atoms with Crippen molar-refractivity contribution in [1.82, 2.24) is 9.97 Å². The largest absolute Gasteiger partial charge is 0.493 e. The number of carbonyl (C=O) groups excluding carboxylic acids is 1. The molecule has 3 aromatic rings. The van der Waals surface area contributed by atoms with Crippen LogP contribution in [0.3, 0.4) is 0 Å². The van der Waals surface area contributed by atoms with Crippen molar-refractivity contribution in [3.05, 3.63) is 50.4 Å². The Morgan fingerprint density at radius 2 is 2.00 bits per heavy atom. The van der Waals surface area contributed by atoms with E-state index >= 15 is 0 Å². The molecule has 0 saturated heterocycles. The fourth-order valence-corrected chi connectivity index (χ4v) is 3.95. The van der Waals surface area contributed by atoms with E-state index in [-0.39, 0.29) is 12.2 Å². The number of aromatic nitrogens is 2. The molecule has 0 amide bonds. The normalized spacial score (nSPS) is 11.2. The maximum atomic E-state index is 12.5. The van der Waals surface area contributed by atoms with Gasteiger partial charge in [0.15, 0.2) is 11.5 Å². The minimum Gasteiger partial charge on any atom is -0.493 e. The van der Waals surface area contributed by atoms with Gasteiger partial charge < -0.3 is 19.2 Å². The highest BCUT2D eigenvalue weighted by Gasteiger charge is 2.19. The van der Waals surface area contributed by atoms with Gasteiger partial charge in [0.1, 0.15) is 15.5 Å². The summed E-state index contributed by atoms with van der Waals surface area (Å²) in [5.41, 5.74) is 1.16. The Morgan fingerprint density at radius 3 is 2.69 bits per heavy atom. The SMILES string of the molecule is CCOC(=O)c1sc2nc(/C=C/c3ccc(OCC)c(OC)c3)[nH]c(=O)c2c1C. The van der Waals surface area contributed by atoms with Gasteiger partial charge in [-0.1, -0.05) is 12.1 Å². The number of nitrogens with zero attached hydrogens (tertiary/aromatic N) is 1. The first kappa shape index (κ1) is 20.6. The number of esters is 1. The van der Waals surface area contributed by atoms with Gasteiger partial charge in [-0.15, -0.1) is 11.3 Å². The maximum absolute atomic E-state index is 12.5. The number of rotatable bonds is 7. The van der Waals surface area contributed by atoms with Gasteiger partial charge in [-0.3, -0.25) is 4.79 Å². The first-order valence-corrected chi connectivity index (χ1v) is 9.99. The Hall–Kier alpha value is -3.13. The summed E-state index contributed by atoms with van der Waals surface area (Å²) < 4.78 is 15.9. The third-order valence-electron chi connectivity index (χ3n) is 4.20. The molecule has 0 fully saturated rings. The van der Waals surface area contributed by atoms with E-state index in [0.29, 0.717) is 44.6 Å². The van der Waals surface area contributed by atoms with Crippen LogP contribution in [0.5, 0.6) is 11.5 Å². The topological polar surface area (TPSA) is 90.5 Å². The number of H-pyrrole nitrogens is 1. The van der Waals surface area contributed by atoms with Crippen molar-refractivity contribution in [2.45, 2.75) is 20.8 Å². The first-order chi connectivity index (χ1) is 14.0. The molecule has 29 heavy (non-hydrogen) atoms. The molecule has 2 aromatic heterocycles. The predicted molar refractivity (Wildman–Crippen MR) is 114 cm³/mol. The lowest BCUT2D eigenvalue weighted by Gasteiger charge is -2.09. The van der Waals surface area contributed by atoms with Gasteiger partial charge in [0.25, 0.3) is 5.56 Å². The first-order valence-electron chi connectivity index (χ1n) is 9.17. The number of hydrogen-bond acceptors (Lipinski definition) is 7. The summed E-state index contributed by atoms with van der Waals surface area (Å²) in [4.78, 5) is 32.7. The minimum absolute atomic E-state index is 0.274. The number of hydrogen-bond donors (Lipinski definition) is 1. The molecule has 8 heteroatoms. The van der Waals surface area contributed by atoms with Crippen LogP contribution in [0, 0.1) is 6.92 Å². The lowest BCUT2D eigenvalue weighted by Crippen LogP contribution is -2.10. The van der Waals surface area contributed by atoms with Gasteiger partial charge >= 0.3 is 5.97 Å². The van der Waals surface area contributed by atoms with Crippen LogP contribution in [0.25, 0.3) is 22.4 Å². The molecular weight excluding hydrogens is 392 g/mol. The van der Waals surface area contributed by atoms with Gasteiger partial charge in [-0.25, -0.2) is 9.78 Å². The molecule has 0 aliphatic carbocycles. The van der Waals surface area contributed by atoms with E-state index in [1.54, 1.807) is 27.0 Å². The Kier molecular flexibility index (Phi) is 6.33. The van der Waals surface area contributed by atoms with Gasteiger partial charge in [0, 0.05) is 0 Å². The molecule has 1 N–H and O–H groups in total. The van der Waals surface area contributed by atoms with Crippen molar-refractivity contribution in [2.24, 2.45) is 0 Å². The molecule has 2 heterocycles. The highest BCUT2D eigenvalue weighted by molar-refractivity contribution is 7.20. The summed E-state index contributed by atoms with van der Waals surface area (Å²) in [6.45, 7) is 6.19. The number of thiophene rings is 1. The van der Waals surface area contributed by atoms with Crippen LogP contribution in [0.1, 0.15) is 40.5 Å². The summed E-state index contributed by atoms with van der Waals surface area (Å²) >= 11 is 1.16. The summed E-state index contributed by atoms with van der Waals surface area (Å²) in [5.74, 6) is 1.25. The van der Waals surface area contributed by atoms with Crippen LogP contribution in [0.2, 0.25) is 0 Å². The van der Waals surface area contributed by atoms with Crippen LogP contribution < -0.4 is 15.0 Å². The molecule has 0 spiro atoms. The van der Waals surface area contributed by atoms with Gasteiger partial charge in [-0.2, -0.15) is 0 Å². The van der Waals surface area contributed by atoms with Gasteiger partial charge in [-0.05, 0) is 50.1 Å². The number of ether oxygens (including phenoxy) is 3. The second-order valence-electron chi connectivity index (χ2n) is 6.08. The maximum Gasteiger partial charge on any atom is 0.348 e. The number of fused-ring (bicyclic) bond motifs is 1.